The summed E-state index contributed by atoms with van der Waals surface area (Å²) >= 11 is 3.50. The molecule has 3 N–H and O–H groups in total. The molecule has 148 valence electrons. The number of hydrogen-bond acceptors (Lipinski definition) is 2. The number of carbonyl (C=O) groups is 1. The molecule has 0 unspecified atom stereocenters. The number of aromatic nitrogens is 3. The highest BCUT2D eigenvalue weighted by Gasteiger charge is 2.29. The van der Waals surface area contributed by atoms with Gasteiger partial charge in [-0.25, -0.2) is 4.79 Å². The molecule has 29 heavy (non-hydrogen) atoms. The molecule has 0 bridgehead atoms. The van der Waals surface area contributed by atoms with Crippen LogP contribution in [0.15, 0.2) is 57.9 Å². The second-order valence-electron chi connectivity index (χ2n) is 7.71. The number of benzene rings is 2. The summed E-state index contributed by atoms with van der Waals surface area (Å²) in [5.41, 5.74) is 3.48. The molecule has 2 aromatic carbocycles. The van der Waals surface area contributed by atoms with Gasteiger partial charge in [-0.3, -0.25) is 9.36 Å². The van der Waals surface area contributed by atoms with Crippen LogP contribution >= 0.6 is 15.9 Å². The molecule has 0 spiro atoms. The van der Waals surface area contributed by atoms with E-state index in [4.69, 9.17) is 0 Å². The predicted molar refractivity (Wildman–Crippen MR) is 118 cm³/mol. The lowest BCUT2D eigenvalue weighted by Crippen LogP contribution is -2.31. The third-order valence-electron chi connectivity index (χ3n) is 5.96. The highest BCUT2D eigenvalue weighted by Crippen LogP contribution is 2.34. The fraction of sp³-hybridized carbons (Fsp3) is 0.273. The maximum absolute atomic E-state index is 12.8. The maximum Gasteiger partial charge on any atom is 0.326 e. The van der Waals surface area contributed by atoms with Crippen molar-refractivity contribution >= 4 is 49.5 Å². The fourth-order valence-electron chi connectivity index (χ4n) is 4.44. The first-order valence-electron chi connectivity index (χ1n) is 9.87. The van der Waals surface area contributed by atoms with E-state index in [0.717, 1.165) is 57.8 Å². The van der Waals surface area contributed by atoms with E-state index >= 15 is 0 Å². The van der Waals surface area contributed by atoms with Gasteiger partial charge in [0.15, 0.2) is 0 Å². The van der Waals surface area contributed by atoms with Crippen LogP contribution < -0.4 is 11.0 Å². The lowest BCUT2D eigenvalue weighted by molar-refractivity contribution is -0.121. The van der Waals surface area contributed by atoms with Crippen molar-refractivity contribution in [2.45, 2.75) is 31.7 Å². The molecule has 2 heterocycles. The summed E-state index contributed by atoms with van der Waals surface area (Å²) in [6.07, 6.45) is 5.06. The van der Waals surface area contributed by atoms with Gasteiger partial charge in [0.1, 0.15) is 0 Å². The Hall–Kier alpha value is -2.80. The molecule has 0 radical (unpaired) electrons. The van der Waals surface area contributed by atoms with E-state index in [9.17, 15) is 9.59 Å². The number of H-pyrrole nitrogens is 2. The molecule has 5 rings (SSSR count). The third kappa shape index (κ3) is 3.29. The highest BCUT2D eigenvalue weighted by atomic mass is 79.9. The normalized spacial score (nSPS) is 19.6. The van der Waals surface area contributed by atoms with Crippen molar-refractivity contribution in [3.8, 4) is 0 Å². The molecule has 2 aromatic heterocycles. The first-order valence-corrected chi connectivity index (χ1v) is 10.7. The standard InChI is InChI=1S/C22H21BrN4O2/c23-17-2-1-3-19-20(17)26-22(29)27(19)16-8-5-14(6-9-16)21(28)25-15-7-4-13-10-11-24-18(13)12-15/h1-4,7,10-12,14,16,24H,5-6,8-9H2,(H,25,28)(H,26,29)/t14-,16+. The number of imidazole rings is 1. The zero-order valence-electron chi connectivity index (χ0n) is 15.7. The van der Waals surface area contributed by atoms with Crippen LogP contribution in [0, 0.1) is 5.92 Å². The molecule has 1 amide bonds. The molecule has 1 fully saturated rings. The average Bonchev–Trinajstić information content (AvgIpc) is 3.32. The minimum absolute atomic E-state index is 0.0294. The number of rotatable bonds is 3. The molecule has 6 nitrogen and oxygen atoms in total. The van der Waals surface area contributed by atoms with Gasteiger partial charge in [0.05, 0.1) is 11.0 Å². The number of hydrogen-bond donors (Lipinski definition) is 3. The molecule has 0 aliphatic heterocycles. The first kappa shape index (κ1) is 18.2. The van der Waals surface area contributed by atoms with Gasteiger partial charge in [-0.15, -0.1) is 0 Å². The Balaban J connectivity index is 1.29. The Labute approximate surface area is 175 Å². The summed E-state index contributed by atoms with van der Waals surface area (Å²) in [5.74, 6) is 0.0293. The quantitative estimate of drug-likeness (QED) is 0.411. The van der Waals surface area contributed by atoms with Gasteiger partial charge in [0.25, 0.3) is 0 Å². The first-order chi connectivity index (χ1) is 14.1. The summed E-state index contributed by atoms with van der Waals surface area (Å²) in [6, 6.07) is 13.8. The average molecular weight is 453 g/mol. The van der Waals surface area contributed by atoms with E-state index in [-0.39, 0.29) is 23.6 Å². The molecular weight excluding hydrogens is 432 g/mol. The number of amides is 1. The molecule has 7 heteroatoms. The SMILES string of the molecule is O=c1[nH]c2c(Br)cccc2n1[C@H]1CC[C@@H](C(=O)Nc2ccc3cc[nH]c3c2)CC1. The number of halogens is 1. The van der Waals surface area contributed by atoms with Gasteiger partial charge >= 0.3 is 5.69 Å². The fourth-order valence-corrected chi connectivity index (χ4v) is 4.90. The number of para-hydroxylation sites is 1. The van der Waals surface area contributed by atoms with Crippen molar-refractivity contribution in [1.29, 1.82) is 0 Å². The minimum Gasteiger partial charge on any atom is -0.361 e. The molecule has 1 aliphatic carbocycles. The lowest BCUT2D eigenvalue weighted by atomic mass is 9.85. The van der Waals surface area contributed by atoms with Crippen LogP contribution in [0.25, 0.3) is 21.9 Å². The van der Waals surface area contributed by atoms with Gasteiger partial charge in [0.2, 0.25) is 5.91 Å². The number of carbonyl (C=O) groups excluding carboxylic acids is 1. The van der Waals surface area contributed by atoms with Gasteiger partial charge in [-0.2, -0.15) is 0 Å². The van der Waals surface area contributed by atoms with E-state index in [1.807, 2.05) is 53.2 Å². The monoisotopic (exact) mass is 452 g/mol. The molecular formula is C22H21BrN4O2. The van der Waals surface area contributed by atoms with Crippen molar-refractivity contribution in [1.82, 2.24) is 14.5 Å². The summed E-state index contributed by atoms with van der Waals surface area (Å²) < 4.78 is 2.74. The smallest absolute Gasteiger partial charge is 0.326 e. The van der Waals surface area contributed by atoms with Crippen LogP contribution in [0.3, 0.4) is 0 Å². The Morgan fingerprint density at radius 3 is 2.76 bits per heavy atom. The topological polar surface area (TPSA) is 82.7 Å². The third-order valence-corrected chi connectivity index (χ3v) is 6.62. The largest absolute Gasteiger partial charge is 0.361 e. The van der Waals surface area contributed by atoms with Crippen LogP contribution in [-0.2, 0) is 4.79 Å². The molecule has 0 atom stereocenters. The van der Waals surface area contributed by atoms with Crippen LogP contribution in [0.4, 0.5) is 5.69 Å². The summed E-state index contributed by atoms with van der Waals surface area (Å²) in [5, 5.41) is 4.18. The van der Waals surface area contributed by atoms with Gasteiger partial charge in [-0.1, -0.05) is 12.1 Å². The second kappa shape index (κ2) is 7.22. The highest BCUT2D eigenvalue weighted by molar-refractivity contribution is 9.10. The Bertz CT molecular complexity index is 1260. The second-order valence-corrected chi connectivity index (χ2v) is 8.56. The minimum atomic E-state index is -0.0842. The number of aromatic amines is 2. The van der Waals surface area contributed by atoms with Gasteiger partial charge in [0, 0.05) is 33.8 Å². The van der Waals surface area contributed by atoms with Gasteiger partial charge in [-0.05, 0) is 77.3 Å². The van der Waals surface area contributed by atoms with Gasteiger partial charge < -0.3 is 15.3 Å². The van der Waals surface area contributed by atoms with E-state index < -0.39 is 0 Å². The Morgan fingerprint density at radius 1 is 1.10 bits per heavy atom. The van der Waals surface area contributed by atoms with E-state index in [2.05, 4.69) is 31.2 Å². The summed E-state index contributed by atoms with van der Waals surface area (Å²) in [4.78, 5) is 31.4. The summed E-state index contributed by atoms with van der Waals surface area (Å²) in [7, 11) is 0. The molecule has 1 aliphatic rings. The van der Waals surface area contributed by atoms with Crippen molar-refractivity contribution in [2.75, 3.05) is 5.32 Å². The Kier molecular flexibility index (Phi) is 4.54. The number of nitrogens with zero attached hydrogens (tertiary/aromatic N) is 1. The van der Waals surface area contributed by atoms with Crippen LogP contribution in [-0.4, -0.2) is 20.4 Å². The maximum atomic E-state index is 12.8. The van der Waals surface area contributed by atoms with Crippen molar-refractivity contribution in [3.63, 3.8) is 0 Å². The number of nitrogens with one attached hydrogen (secondary N) is 3. The van der Waals surface area contributed by atoms with Crippen LogP contribution in [0.2, 0.25) is 0 Å². The zero-order chi connectivity index (χ0) is 20.0. The summed E-state index contributed by atoms with van der Waals surface area (Å²) in [6.45, 7) is 0. The molecule has 0 saturated heterocycles. The van der Waals surface area contributed by atoms with E-state index in [1.165, 1.54) is 0 Å². The predicted octanol–water partition coefficient (Wildman–Crippen LogP) is 4.94. The number of anilines is 1. The number of fused-ring (bicyclic) bond motifs is 2. The van der Waals surface area contributed by atoms with Crippen molar-refractivity contribution < 1.29 is 4.79 Å². The zero-order valence-corrected chi connectivity index (χ0v) is 17.3. The molecule has 1 saturated carbocycles. The Morgan fingerprint density at radius 2 is 1.93 bits per heavy atom. The molecule has 4 aromatic rings. The van der Waals surface area contributed by atoms with E-state index in [0.29, 0.717) is 0 Å². The van der Waals surface area contributed by atoms with Crippen LogP contribution in [0.1, 0.15) is 31.7 Å². The van der Waals surface area contributed by atoms with E-state index in [1.54, 1.807) is 0 Å². The lowest BCUT2D eigenvalue weighted by Gasteiger charge is -2.28. The van der Waals surface area contributed by atoms with Crippen LogP contribution in [0.5, 0.6) is 0 Å². The van der Waals surface area contributed by atoms with Crippen molar-refractivity contribution in [2.24, 2.45) is 5.92 Å². The van der Waals surface area contributed by atoms with Crippen molar-refractivity contribution in [3.05, 3.63) is 63.6 Å².